The van der Waals surface area contributed by atoms with E-state index in [0.717, 1.165) is 13.1 Å². The molecule has 1 heterocycles. The summed E-state index contributed by atoms with van der Waals surface area (Å²) in [7, 11) is 6.41. The molecule has 0 spiro atoms. The maximum atomic E-state index is 2.49. The second-order valence-corrected chi connectivity index (χ2v) is 3.92. The molecule has 0 N–H and O–H groups in total. The summed E-state index contributed by atoms with van der Waals surface area (Å²) in [6.45, 7) is 6.76. The first-order valence-electron chi connectivity index (χ1n) is 5.13. The third-order valence-corrected chi connectivity index (χ3v) is 2.74. The number of guanidine groups is 1. The number of nitrogens with zero attached hydrogens (tertiary/aromatic N) is 3. The average molecular weight is 184 g/mol. The molecule has 1 rings (SSSR count). The Balaban J connectivity index is 2.90. The molecule has 0 aliphatic carbocycles. The summed E-state index contributed by atoms with van der Waals surface area (Å²) in [4.78, 5) is 4.83. The first kappa shape index (κ1) is 10.4. The molecular formula is C10H22N3+. The summed E-state index contributed by atoms with van der Waals surface area (Å²) in [5, 5.41) is 0. The monoisotopic (exact) mass is 184 g/mol. The van der Waals surface area contributed by atoms with Crippen LogP contribution in [0.2, 0.25) is 0 Å². The number of hydrogen-bond acceptors (Lipinski definition) is 0. The fraction of sp³-hybridized carbons (Fsp3) is 0.900. The van der Waals surface area contributed by atoms with Crippen molar-refractivity contribution in [1.82, 2.24) is 9.80 Å². The standard InChI is InChI=1S/C10H22N3/c1-6-9-8-12(5)10(11(3)4)13(9)7-2/h9H,6-8H2,1-5H3/q+1. The van der Waals surface area contributed by atoms with Gasteiger partial charge in [0.1, 0.15) is 6.04 Å². The highest BCUT2D eigenvalue weighted by molar-refractivity contribution is 5.77. The van der Waals surface area contributed by atoms with Crippen molar-refractivity contribution >= 4 is 5.96 Å². The predicted molar refractivity (Wildman–Crippen MR) is 56.2 cm³/mol. The van der Waals surface area contributed by atoms with Crippen LogP contribution in [0.5, 0.6) is 0 Å². The molecule has 0 radical (unpaired) electrons. The van der Waals surface area contributed by atoms with E-state index in [4.69, 9.17) is 0 Å². The quantitative estimate of drug-likeness (QED) is 0.583. The minimum atomic E-state index is 0.701. The Labute approximate surface area is 81.6 Å². The van der Waals surface area contributed by atoms with Gasteiger partial charge in [-0.15, -0.1) is 0 Å². The Morgan fingerprint density at radius 2 is 2.00 bits per heavy atom. The molecule has 3 nitrogen and oxygen atoms in total. The topological polar surface area (TPSA) is 9.49 Å². The van der Waals surface area contributed by atoms with Gasteiger partial charge in [-0.1, -0.05) is 6.92 Å². The van der Waals surface area contributed by atoms with Gasteiger partial charge in [0.25, 0.3) is 0 Å². The van der Waals surface area contributed by atoms with Gasteiger partial charge in [0.15, 0.2) is 0 Å². The minimum absolute atomic E-state index is 0.701. The van der Waals surface area contributed by atoms with Crippen molar-refractivity contribution in [1.29, 1.82) is 0 Å². The van der Waals surface area contributed by atoms with Crippen LogP contribution in [0.4, 0.5) is 0 Å². The van der Waals surface area contributed by atoms with Crippen molar-refractivity contribution in [2.45, 2.75) is 26.3 Å². The van der Waals surface area contributed by atoms with Crippen LogP contribution < -0.4 is 0 Å². The van der Waals surface area contributed by atoms with Gasteiger partial charge in [-0.25, -0.2) is 0 Å². The van der Waals surface area contributed by atoms with Crippen LogP contribution in [0.15, 0.2) is 0 Å². The summed E-state index contributed by atoms with van der Waals surface area (Å²) < 4.78 is 2.21. The van der Waals surface area contributed by atoms with Crippen molar-refractivity contribution in [3.05, 3.63) is 0 Å². The third kappa shape index (κ3) is 1.79. The van der Waals surface area contributed by atoms with E-state index in [2.05, 4.69) is 49.4 Å². The van der Waals surface area contributed by atoms with E-state index in [1.165, 1.54) is 12.4 Å². The lowest BCUT2D eigenvalue weighted by Gasteiger charge is -2.17. The van der Waals surface area contributed by atoms with E-state index in [1.807, 2.05) is 0 Å². The van der Waals surface area contributed by atoms with Crippen molar-refractivity contribution in [2.75, 3.05) is 34.2 Å². The maximum Gasteiger partial charge on any atom is 0.350 e. The van der Waals surface area contributed by atoms with Crippen LogP contribution in [0.25, 0.3) is 0 Å². The molecule has 0 aromatic rings. The van der Waals surface area contributed by atoms with Crippen molar-refractivity contribution in [2.24, 2.45) is 0 Å². The van der Waals surface area contributed by atoms with Crippen LogP contribution >= 0.6 is 0 Å². The summed E-state index contributed by atoms with van der Waals surface area (Å²) in [6.07, 6.45) is 1.23. The highest BCUT2D eigenvalue weighted by Crippen LogP contribution is 2.15. The van der Waals surface area contributed by atoms with Gasteiger partial charge in [0.2, 0.25) is 0 Å². The van der Waals surface area contributed by atoms with Crippen molar-refractivity contribution in [3.63, 3.8) is 0 Å². The normalized spacial score (nSPS) is 22.8. The fourth-order valence-electron chi connectivity index (χ4n) is 2.23. The molecule has 1 unspecified atom stereocenters. The zero-order chi connectivity index (χ0) is 10.0. The van der Waals surface area contributed by atoms with E-state index >= 15 is 0 Å². The second-order valence-electron chi connectivity index (χ2n) is 3.92. The smallest absolute Gasteiger partial charge is 0.270 e. The Kier molecular flexibility index (Phi) is 3.17. The molecule has 1 aliphatic rings. The molecule has 0 amide bonds. The Bertz CT molecular complexity index is 206. The fourth-order valence-corrected chi connectivity index (χ4v) is 2.23. The Morgan fingerprint density at radius 3 is 2.38 bits per heavy atom. The summed E-state index contributed by atoms with van der Waals surface area (Å²) in [5.41, 5.74) is 0. The first-order chi connectivity index (χ1) is 6.11. The molecule has 1 saturated heterocycles. The predicted octanol–water partition coefficient (Wildman–Crippen LogP) is 0.660. The molecule has 0 bridgehead atoms. The van der Waals surface area contributed by atoms with Gasteiger partial charge in [-0.3, -0.25) is 14.4 Å². The lowest BCUT2D eigenvalue weighted by atomic mass is 10.2. The molecule has 1 aliphatic heterocycles. The van der Waals surface area contributed by atoms with E-state index in [-0.39, 0.29) is 0 Å². The highest BCUT2D eigenvalue weighted by atomic mass is 15.5. The van der Waals surface area contributed by atoms with Gasteiger partial charge in [0.05, 0.1) is 34.2 Å². The Hall–Kier alpha value is -0.730. The van der Waals surface area contributed by atoms with Gasteiger partial charge >= 0.3 is 5.96 Å². The van der Waals surface area contributed by atoms with E-state index in [0.29, 0.717) is 6.04 Å². The number of rotatable bonds is 2. The molecule has 13 heavy (non-hydrogen) atoms. The van der Waals surface area contributed by atoms with E-state index in [1.54, 1.807) is 0 Å². The average Bonchev–Trinajstić information content (AvgIpc) is 2.41. The molecule has 0 aromatic heterocycles. The summed E-state index contributed by atoms with van der Waals surface area (Å²) in [5.74, 6) is 1.36. The van der Waals surface area contributed by atoms with E-state index in [9.17, 15) is 0 Å². The van der Waals surface area contributed by atoms with Crippen molar-refractivity contribution in [3.8, 4) is 0 Å². The number of hydrogen-bond donors (Lipinski definition) is 0. The van der Waals surface area contributed by atoms with Gasteiger partial charge < -0.3 is 0 Å². The third-order valence-electron chi connectivity index (χ3n) is 2.74. The molecule has 1 atom stereocenters. The zero-order valence-electron chi connectivity index (χ0n) is 9.54. The molecule has 76 valence electrons. The van der Waals surface area contributed by atoms with Gasteiger partial charge in [0, 0.05) is 0 Å². The summed E-state index contributed by atoms with van der Waals surface area (Å²) in [6, 6.07) is 0.701. The second kappa shape index (κ2) is 3.99. The van der Waals surface area contributed by atoms with Crippen LogP contribution in [0.3, 0.4) is 0 Å². The SMILES string of the molecule is CCC1CN(C)C(=[N+](C)C)N1CC. The highest BCUT2D eigenvalue weighted by Gasteiger charge is 2.38. The Morgan fingerprint density at radius 1 is 1.38 bits per heavy atom. The molecule has 0 saturated carbocycles. The molecule has 3 heteroatoms. The lowest BCUT2D eigenvalue weighted by Crippen LogP contribution is -2.39. The molecular weight excluding hydrogens is 162 g/mol. The van der Waals surface area contributed by atoms with E-state index < -0.39 is 0 Å². The largest absolute Gasteiger partial charge is 0.350 e. The lowest BCUT2D eigenvalue weighted by molar-refractivity contribution is -0.474. The summed E-state index contributed by atoms with van der Waals surface area (Å²) >= 11 is 0. The minimum Gasteiger partial charge on any atom is -0.270 e. The van der Waals surface area contributed by atoms with Crippen molar-refractivity contribution < 1.29 is 4.58 Å². The van der Waals surface area contributed by atoms with Gasteiger partial charge in [-0.05, 0) is 13.3 Å². The first-order valence-corrected chi connectivity index (χ1v) is 5.13. The van der Waals surface area contributed by atoms with Crippen LogP contribution in [-0.2, 0) is 0 Å². The van der Waals surface area contributed by atoms with Crippen LogP contribution in [0, 0.1) is 0 Å². The molecule has 1 fully saturated rings. The van der Waals surface area contributed by atoms with Crippen LogP contribution in [0.1, 0.15) is 20.3 Å². The molecule has 0 aromatic carbocycles. The zero-order valence-corrected chi connectivity index (χ0v) is 9.54. The maximum absolute atomic E-state index is 2.49. The van der Waals surface area contributed by atoms with Crippen LogP contribution in [-0.4, -0.2) is 60.6 Å². The van der Waals surface area contributed by atoms with Gasteiger partial charge in [-0.2, -0.15) is 0 Å². The number of likely N-dealkylation sites (N-methyl/N-ethyl adjacent to an activating group) is 2.